The molecule has 0 radical (unpaired) electrons. The van der Waals surface area contributed by atoms with Gasteiger partial charge in [-0.2, -0.15) is 0 Å². The number of anilines is 1. The molecule has 0 saturated carbocycles. The van der Waals surface area contributed by atoms with Crippen LogP contribution in [0.1, 0.15) is 13.8 Å². The lowest BCUT2D eigenvalue weighted by Gasteiger charge is -2.27. The predicted octanol–water partition coefficient (Wildman–Crippen LogP) is 2.75. The predicted molar refractivity (Wildman–Crippen MR) is 63.1 cm³/mol. The van der Waals surface area contributed by atoms with Gasteiger partial charge in [0, 0.05) is 22.8 Å². The zero-order valence-electron chi connectivity index (χ0n) is 8.89. The molecule has 2 N–H and O–H groups in total. The molecule has 0 fully saturated rings. The monoisotopic (exact) mass is 212 g/mol. The van der Waals surface area contributed by atoms with Crippen molar-refractivity contribution >= 4 is 17.3 Å². The normalized spacial score (nSPS) is 11.4. The van der Waals surface area contributed by atoms with Gasteiger partial charge in [-0.05, 0) is 39.1 Å². The highest BCUT2D eigenvalue weighted by atomic mass is 35.5. The van der Waals surface area contributed by atoms with Crippen LogP contribution in [0, 0.1) is 0 Å². The van der Waals surface area contributed by atoms with Gasteiger partial charge in [-0.3, -0.25) is 0 Å². The number of benzene rings is 1. The molecule has 0 aliphatic rings. The highest BCUT2D eigenvalue weighted by Gasteiger charge is 2.15. The van der Waals surface area contributed by atoms with E-state index in [0.29, 0.717) is 0 Å². The lowest BCUT2D eigenvalue weighted by Crippen LogP contribution is -2.40. The maximum absolute atomic E-state index is 5.90. The van der Waals surface area contributed by atoms with Crippen LogP contribution in [0.15, 0.2) is 24.3 Å². The topological polar surface area (TPSA) is 24.1 Å². The summed E-state index contributed by atoms with van der Waals surface area (Å²) in [7, 11) is 1.95. The Hall–Kier alpha value is -0.730. The molecule has 0 saturated heterocycles. The number of likely N-dealkylation sites (N-methyl/N-ethyl adjacent to an activating group) is 1. The van der Waals surface area contributed by atoms with Crippen molar-refractivity contribution in [2.75, 3.05) is 18.9 Å². The van der Waals surface area contributed by atoms with Gasteiger partial charge in [0.15, 0.2) is 0 Å². The van der Waals surface area contributed by atoms with Crippen LogP contribution in [0.4, 0.5) is 5.69 Å². The minimum absolute atomic E-state index is 0.0272. The zero-order valence-corrected chi connectivity index (χ0v) is 9.65. The SMILES string of the molecule is CNCC(C)(C)Nc1cccc(Cl)c1. The average Bonchev–Trinajstić information content (AvgIpc) is 2.02. The van der Waals surface area contributed by atoms with Crippen molar-refractivity contribution in [3.05, 3.63) is 29.3 Å². The molecule has 0 aromatic heterocycles. The Morgan fingerprint density at radius 2 is 2.07 bits per heavy atom. The molecule has 78 valence electrons. The first-order valence-electron chi connectivity index (χ1n) is 4.72. The van der Waals surface area contributed by atoms with Crippen LogP contribution in [0.5, 0.6) is 0 Å². The van der Waals surface area contributed by atoms with Gasteiger partial charge in [0.25, 0.3) is 0 Å². The van der Waals surface area contributed by atoms with Crippen molar-refractivity contribution < 1.29 is 0 Å². The molecular formula is C11H17ClN2. The Morgan fingerprint density at radius 1 is 1.36 bits per heavy atom. The molecule has 0 spiro atoms. The smallest absolute Gasteiger partial charge is 0.0441 e. The average molecular weight is 213 g/mol. The van der Waals surface area contributed by atoms with Crippen LogP contribution >= 0.6 is 11.6 Å². The van der Waals surface area contributed by atoms with E-state index in [1.807, 2.05) is 31.3 Å². The minimum Gasteiger partial charge on any atom is -0.379 e. The molecule has 0 atom stereocenters. The lowest BCUT2D eigenvalue weighted by atomic mass is 10.1. The number of nitrogens with one attached hydrogen (secondary N) is 2. The van der Waals surface area contributed by atoms with Gasteiger partial charge in [-0.25, -0.2) is 0 Å². The van der Waals surface area contributed by atoms with Gasteiger partial charge < -0.3 is 10.6 Å². The molecule has 0 bridgehead atoms. The van der Waals surface area contributed by atoms with Crippen molar-refractivity contribution in [1.82, 2.24) is 5.32 Å². The van der Waals surface area contributed by atoms with Gasteiger partial charge >= 0.3 is 0 Å². The molecule has 3 heteroatoms. The number of hydrogen-bond acceptors (Lipinski definition) is 2. The van der Waals surface area contributed by atoms with Crippen molar-refractivity contribution in [3.8, 4) is 0 Å². The molecule has 0 heterocycles. The van der Waals surface area contributed by atoms with Gasteiger partial charge in [-0.15, -0.1) is 0 Å². The van der Waals surface area contributed by atoms with E-state index in [-0.39, 0.29) is 5.54 Å². The summed E-state index contributed by atoms with van der Waals surface area (Å²) >= 11 is 5.90. The summed E-state index contributed by atoms with van der Waals surface area (Å²) in [6.45, 7) is 5.19. The van der Waals surface area contributed by atoms with Gasteiger partial charge in [0.05, 0.1) is 0 Å². The Morgan fingerprint density at radius 3 is 2.64 bits per heavy atom. The second-order valence-electron chi connectivity index (χ2n) is 4.05. The molecule has 0 aliphatic carbocycles. The molecule has 1 aromatic rings. The lowest BCUT2D eigenvalue weighted by molar-refractivity contribution is 0.530. The molecule has 1 rings (SSSR count). The first kappa shape index (κ1) is 11.3. The maximum Gasteiger partial charge on any atom is 0.0441 e. The van der Waals surface area contributed by atoms with Crippen LogP contribution in [-0.2, 0) is 0 Å². The third kappa shape index (κ3) is 3.56. The molecule has 0 amide bonds. The first-order chi connectivity index (χ1) is 6.53. The Labute approximate surface area is 90.7 Å². The number of hydrogen-bond donors (Lipinski definition) is 2. The fraction of sp³-hybridized carbons (Fsp3) is 0.455. The number of rotatable bonds is 4. The zero-order chi connectivity index (χ0) is 10.6. The molecule has 0 aliphatic heterocycles. The molecular weight excluding hydrogens is 196 g/mol. The Bertz CT molecular complexity index is 297. The summed E-state index contributed by atoms with van der Waals surface area (Å²) in [6, 6.07) is 7.76. The summed E-state index contributed by atoms with van der Waals surface area (Å²) in [5.41, 5.74) is 1.08. The van der Waals surface area contributed by atoms with Crippen LogP contribution in [0.2, 0.25) is 5.02 Å². The van der Waals surface area contributed by atoms with E-state index < -0.39 is 0 Å². The second kappa shape index (κ2) is 4.67. The Kier molecular flexibility index (Phi) is 3.78. The molecule has 0 unspecified atom stereocenters. The fourth-order valence-corrected chi connectivity index (χ4v) is 1.63. The highest BCUT2D eigenvalue weighted by molar-refractivity contribution is 6.30. The summed E-state index contributed by atoms with van der Waals surface area (Å²) in [4.78, 5) is 0. The van der Waals surface area contributed by atoms with Gasteiger partial charge in [-0.1, -0.05) is 17.7 Å². The summed E-state index contributed by atoms with van der Waals surface area (Å²) in [5.74, 6) is 0. The standard InChI is InChI=1S/C11H17ClN2/c1-11(2,8-13-3)14-10-6-4-5-9(12)7-10/h4-7,13-14H,8H2,1-3H3. The van der Waals surface area contributed by atoms with Crippen LogP contribution in [0.3, 0.4) is 0 Å². The van der Waals surface area contributed by atoms with Crippen LogP contribution < -0.4 is 10.6 Å². The Balaban J connectivity index is 2.68. The summed E-state index contributed by atoms with van der Waals surface area (Å²) < 4.78 is 0. The fourth-order valence-electron chi connectivity index (χ4n) is 1.44. The quantitative estimate of drug-likeness (QED) is 0.802. The largest absolute Gasteiger partial charge is 0.379 e. The van der Waals surface area contributed by atoms with E-state index in [1.165, 1.54) is 0 Å². The molecule has 14 heavy (non-hydrogen) atoms. The van der Waals surface area contributed by atoms with Crippen molar-refractivity contribution in [1.29, 1.82) is 0 Å². The van der Waals surface area contributed by atoms with E-state index in [0.717, 1.165) is 17.3 Å². The third-order valence-electron chi connectivity index (χ3n) is 1.93. The molecule has 2 nitrogen and oxygen atoms in total. The molecule has 1 aromatic carbocycles. The highest BCUT2D eigenvalue weighted by Crippen LogP contribution is 2.18. The van der Waals surface area contributed by atoms with Gasteiger partial charge in [0.2, 0.25) is 0 Å². The van der Waals surface area contributed by atoms with E-state index >= 15 is 0 Å². The first-order valence-corrected chi connectivity index (χ1v) is 5.10. The van der Waals surface area contributed by atoms with Crippen LogP contribution in [0.25, 0.3) is 0 Å². The van der Waals surface area contributed by atoms with E-state index in [1.54, 1.807) is 0 Å². The second-order valence-corrected chi connectivity index (χ2v) is 4.49. The van der Waals surface area contributed by atoms with E-state index in [9.17, 15) is 0 Å². The van der Waals surface area contributed by atoms with Gasteiger partial charge in [0.1, 0.15) is 0 Å². The minimum atomic E-state index is 0.0272. The van der Waals surface area contributed by atoms with Crippen molar-refractivity contribution in [2.45, 2.75) is 19.4 Å². The van der Waals surface area contributed by atoms with Crippen LogP contribution in [-0.4, -0.2) is 19.1 Å². The summed E-state index contributed by atoms with van der Waals surface area (Å²) in [5, 5.41) is 7.32. The summed E-state index contributed by atoms with van der Waals surface area (Å²) in [6.07, 6.45) is 0. The van der Waals surface area contributed by atoms with E-state index in [2.05, 4.69) is 24.5 Å². The van der Waals surface area contributed by atoms with Crippen molar-refractivity contribution in [2.24, 2.45) is 0 Å². The maximum atomic E-state index is 5.90. The number of halogens is 1. The van der Waals surface area contributed by atoms with E-state index in [4.69, 9.17) is 11.6 Å². The third-order valence-corrected chi connectivity index (χ3v) is 2.16. The van der Waals surface area contributed by atoms with Crippen molar-refractivity contribution in [3.63, 3.8) is 0 Å².